The van der Waals surface area contributed by atoms with Gasteiger partial charge in [0.05, 0.1) is 25.3 Å². The average molecular weight is 469 g/mol. The molecule has 2 aromatic rings. The van der Waals surface area contributed by atoms with Crippen molar-refractivity contribution in [1.82, 2.24) is 5.32 Å². The third-order valence-electron chi connectivity index (χ3n) is 4.02. The Morgan fingerprint density at radius 2 is 1.92 bits per heavy atom. The summed E-state index contributed by atoms with van der Waals surface area (Å²) in [5, 5.41) is 3.04. The average Bonchev–Trinajstić information content (AvgIpc) is 2.64. The second kappa shape index (κ2) is 9.78. The second-order valence-electron chi connectivity index (χ2n) is 5.88. The fourth-order valence-electron chi connectivity index (χ4n) is 2.49. The fraction of sp³-hybridized carbons (Fsp3) is 0.350. The summed E-state index contributed by atoms with van der Waals surface area (Å²) in [6.45, 7) is 4.90. The van der Waals surface area contributed by atoms with E-state index in [0.29, 0.717) is 30.3 Å². The van der Waals surface area contributed by atoms with E-state index in [1.165, 1.54) is 0 Å². The number of methoxy groups -OCH3 is 2. The fourth-order valence-corrected chi connectivity index (χ4v) is 3.09. The molecule has 0 aliphatic rings. The summed E-state index contributed by atoms with van der Waals surface area (Å²) >= 11 is 2.21. The number of halogens is 1. The van der Waals surface area contributed by atoms with Crippen molar-refractivity contribution in [3.63, 3.8) is 0 Å². The minimum absolute atomic E-state index is 0.0926. The molecule has 2 aromatic carbocycles. The van der Waals surface area contributed by atoms with Crippen molar-refractivity contribution < 1.29 is 19.0 Å². The molecule has 0 radical (unpaired) electrons. The molecule has 140 valence electrons. The van der Waals surface area contributed by atoms with E-state index in [1.54, 1.807) is 14.2 Å². The third kappa shape index (κ3) is 5.11. The molecule has 0 aromatic heterocycles. The molecule has 0 saturated carbocycles. The Kier molecular flexibility index (Phi) is 7.71. The van der Waals surface area contributed by atoms with Crippen molar-refractivity contribution in [2.45, 2.75) is 19.9 Å². The summed E-state index contributed by atoms with van der Waals surface area (Å²) in [5.41, 5.74) is 2.71. The van der Waals surface area contributed by atoms with Gasteiger partial charge in [0.2, 0.25) is 0 Å². The molecule has 6 heteroatoms. The van der Waals surface area contributed by atoms with Gasteiger partial charge in [-0.1, -0.05) is 18.2 Å². The maximum atomic E-state index is 12.6. The van der Waals surface area contributed by atoms with Crippen molar-refractivity contribution in [2.75, 3.05) is 27.4 Å². The SMILES string of the molecule is COCCOc1ccc(C(C)NC(=O)c2cccc(C)c2I)cc1OC. The van der Waals surface area contributed by atoms with E-state index in [1.807, 2.05) is 50.2 Å². The lowest BCUT2D eigenvalue weighted by Gasteiger charge is -2.18. The monoisotopic (exact) mass is 469 g/mol. The summed E-state index contributed by atoms with van der Waals surface area (Å²) < 4.78 is 17.0. The molecule has 1 unspecified atom stereocenters. The van der Waals surface area contributed by atoms with E-state index in [9.17, 15) is 4.79 Å². The summed E-state index contributed by atoms with van der Waals surface area (Å²) in [7, 11) is 3.23. The quantitative estimate of drug-likeness (QED) is 0.467. The first-order valence-electron chi connectivity index (χ1n) is 8.33. The van der Waals surface area contributed by atoms with Crippen LogP contribution < -0.4 is 14.8 Å². The first-order chi connectivity index (χ1) is 12.5. The molecular weight excluding hydrogens is 445 g/mol. The van der Waals surface area contributed by atoms with Crippen molar-refractivity contribution in [3.05, 3.63) is 56.7 Å². The van der Waals surface area contributed by atoms with Crippen LogP contribution in [-0.4, -0.2) is 33.3 Å². The van der Waals surface area contributed by atoms with Crippen LogP contribution in [0.1, 0.15) is 34.5 Å². The van der Waals surface area contributed by atoms with E-state index < -0.39 is 0 Å². The molecule has 0 fully saturated rings. The van der Waals surface area contributed by atoms with Crippen LogP contribution >= 0.6 is 22.6 Å². The number of carbonyl (C=O) groups excluding carboxylic acids is 1. The minimum atomic E-state index is -0.166. The Balaban J connectivity index is 2.12. The highest BCUT2D eigenvalue weighted by atomic mass is 127. The maximum absolute atomic E-state index is 12.6. The molecule has 1 N–H and O–H groups in total. The molecule has 1 amide bonds. The largest absolute Gasteiger partial charge is 0.493 e. The molecule has 26 heavy (non-hydrogen) atoms. The minimum Gasteiger partial charge on any atom is -0.493 e. The number of benzene rings is 2. The second-order valence-corrected chi connectivity index (χ2v) is 6.96. The van der Waals surface area contributed by atoms with Gasteiger partial charge in [-0.15, -0.1) is 0 Å². The first-order valence-corrected chi connectivity index (χ1v) is 9.41. The predicted octanol–water partition coefficient (Wildman–Crippen LogP) is 4.12. The molecule has 0 heterocycles. The van der Waals surface area contributed by atoms with E-state index in [4.69, 9.17) is 14.2 Å². The number of rotatable bonds is 8. The summed E-state index contributed by atoms with van der Waals surface area (Å²) in [4.78, 5) is 12.6. The Morgan fingerprint density at radius 1 is 1.15 bits per heavy atom. The van der Waals surface area contributed by atoms with Gasteiger partial charge >= 0.3 is 0 Å². The normalized spacial score (nSPS) is 11.7. The number of carbonyl (C=O) groups is 1. The summed E-state index contributed by atoms with van der Waals surface area (Å²) in [5.74, 6) is 1.19. The van der Waals surface area contributed by atoms with Gasteiger partial charge in [-0.3, -0.25) is 4.79 Å². The third-order valence-corrected chi connectivity index (χ3v) is 5.45. The molecule has 2 rings (SSSR count). The van der Waals surface area contributed by atoms with Crippen molar-refractivity contribution >= 4 is 28.5 Å². The van der Waals surface area contributed by atoms with E-state index in [2.05, 4.69) is 27.9 Å². The lowest BCUT2D eigenvalue weighted by Crippen LogP contribution is -2.27. The number of ether oxygens (including phenoxy) is 3. The van der Waals surface area contributed by atoms with Gasteiger partial charge in [0.1, 0.15) is 6.61 Å². The van der Waals surface area contributed by atoms with Gasteiger partial charge in [-0.2, -0.15) is 0 Å². The zero-order chi connectivity index (χ0) is 19.1. The van der Waals surface area contributed by atoms with Gasteiger partial charge in [-0.25, -0.2) is 0 Å². The summed E-state index contributed by atoms with van der Waals surface area (Å²) in [6.07, 6.45) is 0. The predicted molar refractivity (Wildman–Crippen MR) is 110 cm³/mol. The van der Waals surface area contributed by atoms with Gasteiger partial charge in [-0.05, 0) is 65.8 Å². The molecule has 0 saturated heterocycles. The van der Waals surface area contributed by atoms with Gasteiger partial charge in [0.25, 0.3) is 5.91 Å². The van der Waals surface area contributed by atoms with Gasteiger partial charge in [0.15, 0.2) is 11.5 Å². The Morgan fingerprint density at radius 3 is 2.62 bits per heavy atom. The zero-order valence-corrected chi connectivity index (χ0v) is 17.6. The number of hydrogen-bond donors (Lipinski definition) is 1. The van der Waals surface area contributed by atoms with Crippen molar-refractivity contribution in [1.29, 1.82) is 0 Å². The van der Waals surface area contributed by atoms with Crippen molar-refractivity contribution in [3.8, 4) is 11.5 Å². The lowest BCUT2D eigenvalue weighted by atomic mass is 10.1. The van der Waals surface area contributed by atoms with Crippen LogP contribution in [0.15, 0.2) is 36.4 Å². The Labute approximate surface area is 168 Å². The first kappa shape index (κ1) is 20.5. The highest BCUT2D eigenvalue weighted by Crippen LogP contribution is 2.30. The maximum Gasteiger partial charge on any atom is 0.252 e. The van der Waals surface area contributed by atoms with Crippen LogP contribution in [-0.2, 0) is 4.74 Å². The highest BCUT2D eigenvalue weighted by molar-refractivity contribution is 14.1. The molecule has 0 spiro atoms. The molecule has 0 aliphatic heterocycles. The van der Waals surface area contributed by atoms with Crippen LogP contribution in [0.2, 0.25) is 0 Å². The number of hydrogen-bond acceptors (Lipinski definition) is 4. The molecule has 5 nitrogen and oxygen atoms in total. The van der Waals surface area contributed by atoms with Crippen LogP contribution in [0.5, 0.6) is 11.5 Å². The van der Waals surface area contributed by atoms with Crippen molar-refractivity contribution in [2.24, 2.45) is 0 Å². The number of aryl methyl sites for hydroxylation is 1. The topological polar surface area (TPSA) is 56.8 Å². The molecule has 1 atom stereocenters. The smallest absolute Gasteiger partial charge is 0.252 e. The molecule has 0 aliphatic carbocycles. The van der Waals surface area contributed by atoms with Crippen LogP contribution in [0.4, 0.5) is 0 Å². The Hall–Kier alpha value is -1.80. The zero-order valence-electron chi connectivity index (χ0n) is 15.5. The standard InChI is InChI=1S/C20H24INO4/c1-13-6-5-7-16(19(13)21)20(23)22-14(2)15-8-9-17(18(12-15)25-4)26-11-10-24-3/h5-9,12,14H,10-11H2,1-4H3,(H,22,23). The van der Waals surface area contributed by atoms with E-state index in [0.717, 1.165) is 14.7 Å². The Bertz CT molecular complexity index is 763. The summed E-state index contributed by atoms with van der Waals surface area (Å²) in [6, 6.07) is 11.2. The van der Waals surface area contributed by atoms with Crippen LogP contribution in [0, 0.1) is 10.5 Å². The highest BCUT2D eigenvalue weighted by Gasteiger charge is 2.16. The van der Waals surface area contributed by atoms with E-state index >= 15 is 0 Å². The van der Waals surface area contributed by atoms with Crippen LogP contribution in [0.25, 0.3) is 0 Å². The number of nitrogens with one attached hydrogen (secondary N) is 1. The molecule has 0 bridgehead atoms. The lowest BCUT2D eigenvalue weighted by molar-refractivity contribution is 0.0939. The van der Waals surface area contributed by atoms with E-state index in [-0.39, 0.29) is 11.9 Å². The number of amides is 1. The molecular formula is C20H24INO4. The van der Waals surface area contributed by atoms with Gasteiger partial charge in [0, 0.05) is 10.7 Å². The van der Waals surface area contributed by atoms with Gasteiger partial charge < -0.3 is 19.5 Å². The van der Waals surface area contributed by atoms with Crippen LogP contribution in [0.3, 0.4) is 0 Å².